The molecular weight excluding hydrogens is 406 g/mol. The molecule has 2 aromatic carbocycles. The predicted octanol–water partition coefficient (Wildman–Crippen LogP) is 3.12. The van der Waals surface area contributed by atoms with E-state index in [9.17, 15) is 4.79 Å². The molecule has 5 rings (SSSR count). The van der Waals surface area contributed by atoms with Gasteiger partial charge in [-0.1, -0.05) is 0 Å². The Labute approximate surface area is 187 Å². The van der Waals surface area contributed by atoms with Gasteiger partial charge in [-0.3, -0.25) is 9.48 Å². The molecule has 1 aromatic heterocycles. The molecular formula is C24H27N5O3. The second-order valence-corrected chi connectivity index (χ2v) is 8.05. The number of anilines is 2. The van der Waals surface area contributed by atoms with E-state index in [2.05, 4.69) is 32.8 Å². The second-order valence-electron chi connectivity index (χ2n) is 8.05. The van der Waals surface area contributed by atoms with E-state index in [0.717, 1.165) is 44.7 Å². The highest BCUT2D eigenvalue weighted by molar-refractivity contribution is 6.04. The van der Waals surface area contributed by atoms with Crippen LogP contribution in [0.4, 0.5) is 11.4 Å². The number of hydrogen-bond donors (Lipinski definition) is 2. The molecule has 1 saturated heterocycles. The quantitative estimate of drug-likeness (QED) is 0.596. The molecule has 0 atom stereocenters. The van der Waals surface area contributed by atoms with E-state index < -0.39 is 0 Å². The maximum atomic E-state index is 12.6. The van der Waals surface area contributed by atoms with Gasteiger partial charge in [0.15, 0.2) is 11.5 Å². The number of carbonyl (C=O) groups is 1. The van der Waals surface area contributed by atoms with Crippen molar-refractivity contribution in [3.63, 3.8) is 0 Å². The monoisotopic (exact) mass is 433 g/mol. The summed E-state index contributed by atoms with van der Waals surface area (Å²) in [5, 5.41) is 10.8. The van der Waals surface area contributed by atoms with E-state index in [1.165, 1.54) is 5.69 Å². The number of ether oxygens (including phenoxy) is 2. The average Bonchev–Trinajstić information content (AvgIpc) is 3.52. The fourth-order valence-electron chi connectivity index (χ4n) is 4.15. The summed E-state index contributed by atoms with van der Waals surface area (Å²) in [5.41, 5.74) is 2.49. The molecule has 8 heteroatoms. The Bertz CT molecular complexity index is 1040. The van der Waals surface area contributed by atoms with Gasteiger partial charge in [0.25, 0.3) is 5.91 Å². The molecule has 166 valence electrons. The first-order valence-electron chi connectivity index (χ1n) is 11.0. The van der Waals surface area contributed by atoms with Crippen LogP contribution >= 0.6 is 0 Å². The van der Waals surface area contributed by atoms with Crippen LogP contribution in [0.25, 0.3) is 0 Å². The number of rotatable bonds is 7. The molecule has 8 nitrogen and oxygen atoms in total. The molecule has 1 fully saturated rings. The van der Waals surface area contributed by atoms with Gasteiger partial charge in [-0.2, -0.15) is 5.10 Å². The lowest BCUT2D eigenvalue weighted by molar-refractivity contribution is 0.102. The summed E-state index contributed by atoms with van der Waals surface area (Å²) in [5.74, 6) is 1.10. The number of carbonyl (C=O) groups excluding carboxylic acids is 1. The normalized spacial score (nSPS) is 15.7. The smallest absolute Gasteiger partial charge is 0.255 e. The van der Waals surface area contributed by atoms with E-state index in [4.69, 9.17) is 9.47 Å². The number of hydrogen-bond acceptors (Lipinski definition) is 6. The number of amides is 1. The van der Waals surface area contributed by atoms with Gasteiger partial charge in [-0.05, 0) is 61.4 Å². The second kappa shape index (κ2) is 9.32. The molecule has 3 heterocycles. The Morgan fingerprint density at radius 2 is 1.88 bits per heavy atom. The van der Waals surface area contributed by atoms with Gasteiger partial charge < -0.3 is 25.0 Å². The summed E-state index contributed by atoms with van der Waals surface area (Å²) >= 11 is 0. The first kappa shape index (κ1) is 20.4. The van der Waals surface area contributed by atoms with Gasteiger partial charge >= 0.3 is 0 Å². The number of aromatic nitrogens is 2. The summed E-state index contributed by atoms with van der Waals surface area (Å²) in [6.07, 6.45) is 6.03. The predicted molar refractivity (Wildman–Crippen MR) is 122 cm³/mol. The molecule has 0 bridgehead atoms. The molecule has 0 saturated carbocycles. The van der Waals surface area contributed by atoms with Crippen molar-refractivity contribution in [2.24, 2.45) is 0 Å². The van der Waals surface area contributed by atoms with Crippen molar-refractivity contribution in [2.45, 2.75) is 25.4 Å². The molecule has 0 spiro atoms. The molecule has 32 heavy (non-hydrogen) atoms. The van der Waals surface area contributed by atoms with E-state index in [1.807, 2.05) is 35.3 Å². The van der Waals surface area contributed by atoms with E-state index in [1.54, 1.807) is 18.2 Å². The van der Waals surface area contributed by atoms with Gasteiger partial charge in [0.2, 0.25) is 6.79 Å². The van der Waals surface area contributed by atoms with Crippen LogP contribution in [0, 0.1) is 0 Å². The topological polar surface area (TPSA) is 80.7 Å². The molecule has 2 aliphatic rings. The van der Waals surface area contributed by atoms with Crippen LogP contribution < -0.4 is 25.0 Å². The van der Waals surface area contributed by atoms with Crippen LogP contribution in [0.5, 0.6) is 11.5 Å². The summed E-state index contributed by atoms with van der Waals surface area (Å²) < 4.78 is 12.6. The molecule has 0 unspecified atom stereocenters. The summed E-state index contributed by atoms with van der Waals surface area (Å²) in [4.78, 5) is 15.0. The minimum Gasteiger partial charge on any atom is -0.454 e. The van der Waals surface area contributed by atoms with E-state index >= 15 is 0 Å². The van der Waals surface area contributed by atoms with Crippen molar-refractivity contribution in [3.05, 3.63) is 66.5 Å². The van der Waals surface area contributed by atoms with Gasteiger partial charge in [0.05, 0.1) is 6.54 Å². The Balaban J connectivity index is 1.10. The minimum atomic E-state index is -0.168. The Hall–Kier alpha value is -3.52. The zero-order valence-corrected chi connectivity index (χ0v) is 17.9. The lowest BCUT2D eigenvalue weighted by Gasteiger charge is -2.34. The molecule has 3 aromatic rings. The highest BCUT2D eigenvalue weighted by Gasteiger charge is 2.19. The van der Waals surface area contributed by atoms with Crippen LogP contribution in [0.3, 0.4) is 0 Å². The van der Waals surface area contributed by atoms with E-state index in [-0.39, 0.29) is 12.7 Å². The van der Waals surface area contributed by atoms with Crippen molar-refractivity contribution >= 4 is 17.3 Å². The minimum absolute atomic E-state index is 0.168. The SMILES string of the molecule is O=C(Nc1ccc(N2CCC(NCCn3cccn3)CC2)cc1)c1ccc2c(c1)OCO2. The Kier molecular flexibility index (Phi) is 5.93. The van der Waals surface area contributed by atoms with Gasteiger partial charge in [0.1, 0.15) is 0 Å². The highest BCUT2D eigenvalue weighted by Crippen LogP contribution is 2.32. The van der Waals surface area contributed by atoms with Crippen molar-refractivity contribution in [2.75, 3.05) is 36.6 Å². The summed E-state index contributed by atoms with van der Waals surface area (Å²) in [6, 6.07) is 15.7. The summed E-state index contributed by atoms with van der Waals surface area (Å²) in [6.45, 7) is 4.06. The van der Waals surface area contributed by atoms with Crippen LogP contribution in [-0.2, 0) is 6.54 Å². The molecule has 0 radical (unpaired) electrons. The maximum absolute atomic E-state index is 12.6. The third kappa shape index (κ3) is 4.70. The fraction of sp³-hybridized carbons (Fsp3) is 0.333. The Morgan fingerprint density at radius 1 is 1.06 bits per heavy atom. The zero-order valence-electron chi connectivity index (χ0n) is 17.9. The Morgan fingerprint density at radius 3 is 2.66 bits per heavy atom. The third-order valence-electron chi connectivity index (χ3n) is 5.95. The van der Waals surface area contributed by atoms with Gasteiger partial charge in [-0.15, -0.1) is 0 Å². The van der Waals surface area contributed by atoms with Crippen LogP contribution in [-0.4, -0.2) is 48.2 Å². The molecule has 1 amide bonds. The lowest BCUT2D eigenvalue weighted by Crippen LogP contribution is -2.43. The average molecular weight is 434 g/mol. The maximum Gasteiger partial charge on any atom is 0.255 e. The number of nitrogens with one attached hydrogen (secondary N) is 2. The van der Waals surface area contributed by atoms with Crippen LogP contribution in [0.1, 0.15) is 23.2 Å². The largest absolute Gasteiger partial charge is 0.454 e. The van der Waals surface area contributed by atoms with Crippen LogP contribution in [0.15, 0.2) is 60.9 Å². The van der Waals surface area contributed by atoms with Gasteiger partial charge in [0, 0.05) is 55.0 Å². The van der Waals surface area contributed by atoms with Crippen LogP contribution in [0.2, 0.25) is 0 Å². The number of fused-ring (bicyclic) bond motifs is 1. The third-order valence-corrected chi connectivity index (χ3v) is 5.95. The highest BCUT2D eigenvalue weighted by atomic mass is 16.7. The number of piperidine rings is 1. The van der Waals surface area contributed by atoms with Crippen molar-refractivity contribution in [3.8, 4) is 11.5 Å². The lowest BCUT2D eigenvalue weighted by atomic mass is 10.0. The molecule has 2 N–H and O–H groups in total. The summed E-state index contributed by atoms with van der Waals surface area (Å²) in [7, 11) is 0. The number of nitrogens with zero attached hydrogens (tertiary/aromatic N) is 3. The standard InChI is InChI=1S/C24H27N5O3/c30-24(18-2-7-22-23(16-18)32-17-31-22)27-20-3-5-21(6-4-20)28-13-8-19(9-14-28)25-11-15-29-12-1-10-26-29/h1-7,10,12,16,19,25H,8-9,11,13-15,17H2,(H,27,30). The molecule has 0 aliphatic carbocycles. The van der Waals surface area contributed by atoms with Crippen molar-refractivity contribution in [1.82, 2.24) is 15.1 Å². The zero-order chi connectivity index (χ0) is 21.8. The molecule has 2 aliphatic heterocycles. The first-order valence-corrected chi connectivity index (χ1v) is 11.0. The number of benzene rings is 2. The van der Waals surface area contributed by atoms with Crippen molar-refractivity contribution in [1.29, 1.82) is 0 Å². The van der Waals surface area contributed by atoms with E-state index in [0.29, 0.717) is 23.1 Å². The van der Waals surface area contributed by atoms with Crippen molar-refractivity contribution < 1.29 is 14.3 Å². The first-order chi connectivity index (χ1) is 15.7. The van der Waals surface area contributed by atoms with Gasteiger partial charge in [-0.25, -0.2) is 0 Å². The fourth-order valence-corrected chi connectivity index (χ4v) is 4.15.